The van der Waals surface area contributed by atoms with Gasteiger partial charge in [-0.05, 0) is 49.4 Å². The number of hydrogen-bond donors (Lipinski definition) is 1. The minimum Gasteiger partial charge on any atom is -0.368 e. The topological polar surface area (TPSA) is 69.7 Å². The molecule has 1 aliphatic heterocycles. The van der Waals surface area contributed by atoms with E-state index < -0.39 is 21.8 Å². The van der Waals surface area contributed by atoms with Crippen LogP contribution in [-0.2, 0) is 27.4 Å². The Morgan fingerprint density at radius 3 is 2.26 bits per heavy atom. The largest absolute Gasteiger partial charge is 0.416 e. The van der Waals surface area contributed by atoms with Crippen LogP contribution < -0.4 is 9.62 Å². The number of nitrogens with zero attached hydrogens (tertiary/aromatic N) is 2. The van der Waals surface area contributed by atoms with Gasteiger partial charge in [-0.2, -0.15) is 13.2 Å². The van der Waals surface area contributed by atoms with Gasteiger partial charge in [0.2, 0.25) is 15.9 Å². The molecule has 0 aliphatic carbocycles. The van der Waals surface area contributed by atoms with Crippen molar-refractivity contribution in [2.75, 3.05) is 38.1 Å². The molecule has 0 unspecified atom stereocenters. The van der Waals surface area contributed by atoms with Gasteiger partial charge in [-0.3, -0.25) is 4.79 Å². The monoisotopic (exact) mass is 455 g/mol. The molecular formula is C21H24F3N3O3S. The van der Waals surface area contributed by atoms with Crippen LogP contribution in [0.5, 0.6) is 0 Å². The summed E-state index contributed by atoms with van der Waals surface area (Å²) in [6.45, 7) is 1.80. The third-order valence-electron chi connectivity index (χ3n) is 5.30. The summed E-state index contributed by atoms with van der Waals surface area (Å²) in [5.74, 6) is -0.0318. The first-order valence-corrected chi connectivity index (χ1v) is 11.3. The van der Waals surface area contributed by atoms with E-state index >= 15 is 0 Å². The van der Waals surface area contributed by atoms with E-state index in [1.807, 2.05) is 4.90 Å². The third kappa shape index (κ3) is 5.76. The SMILES string of the molecule is CNS(=O)(=O)c1ccc(CCC(=O)N2CCN(c3cccc(C(F)(F)F)c3)CC2)cc1. The standard InChI is InChI=1S/C21H24F3N3O3S/c1-25-31(29,30)19-8-5-16(6-9-19)7-10-20(28)27-13-11-26(12-14-27)18-4-2-3-17(15-18)21(22,23)24/h2-6,8-9,15,25H,7,10-14H2,1H3. The highest BCUT2D eigenvalue weighted by molar-refractivity contribution is 7.89. The maximum absolute atomic E-state index is 12.9. The van der Waals surface area contributed by atoms with Crippen molar-refractivity contribution >= 4 is 21.6 Å². The molecule has 2 aromatic rings. The minimum atomic E-state index is -4.39. The molecule has 1 amide bonds. The Hall–Kier alpha value is -2.59. The van der Waals surface area contributed by atoms with Gasteiger partial charge in [-0.1, -0.05) is 18.2 Å². The second kappa shape index (κ2) is 9.27. The van der Waals surface area contributed by atoms with E-state index in [9.17, 15) is 26.4 Å². The van der Waals surface area contributed by atoms with Crippen molar-refractivity contribution in [3.63, 3.8) is 0 Å². The zero-order chi connectivity index (χ0) is 22.6. The Kier molecular flexibility index (Phi) is 6.90. The number of aryl methyl sites for hydroxylation is 1. The molecule has 10 heteroatoms. The molecule has 0 saturated carbocycles. The first kappa shape index (κ1) is 23.1. The van der Waals surface area contributed by atoms with Gasteiger partial charge < -0.3 is 9.80 Å². The van der Waals surface area contributed by atoms with Crippen LogP contribution in [0.25, 0.3) is 0 Å². The second-order valence-corrected chi connectivity index (χ2v) is 9.15. The van der Waals surface area contributed by atoms with Crippen molar-refractivity contribution in [2.24, 2.45) is 0 Å². The fourth-order valence-corrected chi connectivity index (χ4v) is 4.19. The zero-order valence-corrected chi connectivity index (χ0v) is 17.8. The Labute approximate surface area is 179 Å². The number of amides is 1. The lowest BCUT2D eigenvalue weighted by molar-refractivity contribution is -0.137. The molecule has 0 atom stereocenters. The molecule has 0 aromatic heterocycles. The van der Waals surface area contributed by atoms with Gasteiger partial charge >= 0.3 is 6.18 Å². The van der Waals surface area contributed by atoms with Gasteiger partial charge in [0.15, 0.2) is 0 Å². The van der Waals surface area contributed by atoms with Crippen molar-refractivity contribution in [1.29, 1.82) is 0 Å². The molecule has 0 spiro atoms. The van der Waals surface area contributed by atoms with E-state index in [1.54, 1.807) is 23.1 Å². The quantitative estimate of drug-likeness (QED) is 0.727. The van der Waals surface area contributed by atoms with E-state index in [0.29, 0.717) is 38.3 Å². The average molecular weight is 456 g/mol. The van der Waals surface area contributed by atoms with Crippen LogP contribution in [-0.4, -0.2) is 52.5 Å². The first-order chi connectivity index (χ1) is 14.6. The van der Waals surface area contributed by atoms with Crippen LogP contribution in [0.4, 0.5) is 18.9 Å². The molecule has 1 aliphatic rings. The van der Waals surface area contributed by atoms with Gasteiger partial charge in [0, 0.05) is 38.3 Å². The highest BCUT2D eigenvalue weighted by Crippen LogP contribution is 2.31. The smallest absolute Gasteiger partial charge is 0.368 e. The molecule has 1 N–H and O–H groups in total. The summed E-state index contributed by atoms with van der Waals surface area (Å²) in [6, 6.07) is 11.6. The number of alkyl halides is 3. The predicted octanol–water partition coefficient (Wildman–Crippen LogP) is 2.89. The number of hydrogen-bond acceptors (Lipinski definition) is 4. The van der Waals surface area contributed by atoms with E-state index in [4.69, 9.17) is 0 Å². The summed E-state index contributed by atoms with van der Waals surface area (Å²) < 4.78 is 64.5. The maximum Gasteiger partial charge on any atom is 0.416 e. The molecular weight excluding hydrogens is 431 g/mol. The molecule has 168 valence electrons. The number of rotatable bonds is 6. The molecule has 1 fully saturated rings. The molecule has 3 rings (SSSR count). The van der Waals surface area contributed by atoms with Gasteiger partial charge in [-0.15, -0.1) is 0 Å². The van der Waals surface area contributed by atoms with E-state index in [1.165, 1.54) is 25.2 Å². The number of carbonyl (C=O) groups excluding carboxylic acids is 1. The Morgan fingerprint density at radius 1 is 1.03 bits per heavy atom. The molecule has 6 nitrogen and oxygen atoms in total. The minimum absolute atomic E-state index is 0.0318. The van der Waals surface area contributed by atoms with Crippen molar-refractivity contribution in [2.45, 2.75) is 23.9 Å². The number of carbonyl (C=O) groups is 1. The van der Waals surface area contributed by atoms with E-state index in [-0.39, 0.29) is 17.2 Å². The lowest BCUT2D eigenvalue weighted by Gasteiger charge is -2.36. The molecule has 2 aromatic carbocycles. The van der Waals surface area contributed by atoms with Crippen LogP contribution >= 0.6 is 0 Å². The molecule has 1 heterocycles. The van der Waals surface area contributed by atoms with Crippen LogP contribution in [0.3, 0.4) is 0 Å². The number of piperazine rings is 1. The predicted molar refractivity (Wildman–Crippen MR) is 111 cm³/mol. The summed E-state index contributed by atoms with van der Waals surface area (Å²) in [4.78, 5) is 16.2. The molecule has 31 heavy (non-hydrogen) atoms. The van der Waals surface area contributed by atoms with E-state index in [2.05, 4.69) is 4.72 Å². The second-order valence-electron chi connectivity index (χ2n) is 7.27. The normalized spacial score (nSPS) is 15.2. The highest BCUT2D eigenvalue weighted by Gasteiger charge is 2.31. The maximum atomic E-state index is 12.9. The summed E-state index contributed by atoms with van der Waals surface area (Å²) in [7, 11) is -2.15. The molecule has 1 saturated heterocycles. The highest BCUT2D eigenvalue weighted by atomic mass is 32.2. The Balaban J connectivity index is 1.52. The van der Waals surface area contributed by atoms with Crippen molar-refractivity contribution in [1.82, 2.24) is 9.62 Å². The lowest BCUT2D eigenvalue weighted by Crippen LogP contribution is -2.48. The Bertz CT molecular complexity index is 1020. The third-order valence-corrected chi connectivity index (χ3v) is 6.73. The molecule has 0 bridgehead atoms. The molecule has 0 radical (unpaired) electrons. The fourth-order valence-electron chi connectivity index (χ4n) is 3.46. The summed E-state index contributed by atoms with van der Waals surface area (Å²) >= 11 is 0. The number of benzene rings is 2. The first-order valence-electron chi connectivity index (χ1n) is 9.82. The number of nitrogens with one attached hydrogen (secondary N) is 1. The zero-order valence-electron chi connectivity index (χ0n) is 17.0. The van der Waals surface area contributed by atoms with Crippen LogP contribution in [0.1, 0.15) is 17.5 Å². The van der Waals surface area contributed by atoms with Crippen molar-refractivity contribution in [3.8, 4) is 0 Å². The average Bonchev–Trinajstić information content (AvgIpc) is 2.77. The van der Waals surface area contributed by atoms with Crippen molar-refractivity contribution in [3.05, 3.63) is 59.7 Å². The van der Waals surface area contributed by atoms with Crippen molar-refractivity contribution < 1.29 is 26.4 Å². The van der Waals surface area contributed by atoms with Crippen LogP contribution in [0.2, 0.25) is 0 Å². The van der Waals surface area contributed by atoms with Gasteiger partial charge in [0.25, 0.3) is 0 Å². The van der Waals surface area contributed by atoms with Gasteiger partial charge in [-0.25, -0.2) is 13.1 Å². The number of halogens is 3. The fraction of sp³-hybridized carbons (Fsp3) is 0.381. The summed E-state index contributed by atoms with van der Waals surface area (Å²) in [5.41, 5.74) is 0.668. The Morgan fingerprint density at radius 2 is 1.68 bits per heavy atom. The summed E-state index contributed by atoms with van der Waals surface area (Å²) in [5, 5.41) is 0. The van der Waals surface area contributed by atoms with Crippen LogP contribution in [0, 0.1) is 0 Å². The number of sulfonamides is 1. The summed E-state index contributed by atoms with van der Waals surface area (Å²) in [6.07, 6.45) is -3.63. The van der Waals surface area contributed by atoms with Crippen LogP contribution in [0.15, 0.2) is 53.4 Å². The van der Waals surface area contributed by atoms with E-state index in [0.717, 1.165) is 17.7 Å². The lowest BCUT2D eigenvalue weighted by atomic mass is 10.1. The van der Waals surface area contributed by atoms with Gasteiger partial charge in [0.05, 0.1) is 10.5 Å². The number of anilines is 1. The van der Waals surface area contributed by atoms with Gasteiger partial charge in [0.1, 0.15) is 0 Å².